The molecule has 1 aliphatic heterocycles. The lowest BCUT2D eigenvalue weighted by atomic mass is 10.0. The zero-order valence-corrected chi connectivity index (χ0v) is 16.0. The lowest BCUT2D eigenvalue weighted by Crippen LogP contribution is -2.46. The van der Waals surface area contributed by atoms with E-state index in [-0.39, 0.29) is 11.9 Å². The van der Waals surface area contributed by atoms with E-state index in [9.17, 15) is 4.79 Å². The second kappa shape index (κ2) is 8.03. The Morgan fingerprint density at radius 2 is 1.93 bits per heavy atom. The lowest BCUT2D eigenvalue weighted by molar-refractivity contribution is -0.122. The Hall–Kier alpha value is -2.49. The first-order chi connectivity index (χ1) is 13.2. The maximum absolute atomic E-state index is 12.6. The number of fused-ring (bicyclic) bond motifs is 1. The lowest BCUT2D eigenvalue weighted by Gasteiger charge is -2.38. The number of nitrogens with one attached hydrogen (secondary N) is 1. The molecule has 1 amide bonds. The van der Waals surface area contributed by atoms with Crippen LogP contribution in [0.1, 0.15) is 43.2 Å². The maximum Gasteiger partial charge on any atom is 0.222 e. The second-order valence-corrected chi connectivity index (χ2v) is 7.80. The normalized spacial score (nSPS) is 19.4. The van der Waals surface area contributed by atoms with Gasteiger partial charge >= 0.3 is 0 Å². The van der Waals surface area contributed by atoms with Gasteiger partial charge in [-0.15, -0.1) is 0 Å². The smallest absolute Gasteiger partial charge is 0.222 e. The molecule has 4 rings (SSSR count). The summed E-state index contributed by atoms with van der Waals surface area (Å²) in [5.41, 5.74) is 3.51. The first-order valence-electron chi connectivity index (χ1n) is 10.0. The molecule has 27 heavy (non-hydrogen) atoms. The van der Waals surface area contributed by atoms with Crippen molar-refractivity contribution < 1.29 is 9.53 Å². The van der Waals surface area contributed by atoms with E-state index in [4.69, 9.17) is 4.74 Å². The summed E-state index contributed by atoms with van der Waals surface area (Å²) in [6.45, 7) is 3.40. The van der Waals surface area contributed by atoms with Gasteiger partial charge in [0.15, 0.2) is 0 Å². The monoisotopic (exact) mass is 364 g/mol. The topological polar surface area (TPSA) is 41.6 Å². The molecule has 0 bridgehead atoms. The molecule has 0 radical (unpaired) electrons. The van der Waals surface area contributed by atoms with Gasteiger partial charge in [0.05, 0.1) is 18.2 Å². The molecule has 2 aromatic carbocycles. The summed E-state index contributed by atoms with van der Waals surface area (Å²) in [6.07, 6.45) is 5.15. The van der Waals surface area contributed by atoms with Crippen molar-refractivity contribution in [3.05, 3.63) is 59.7 Å². The molecular weight excluding hydrogens is 336 g/mol. The highest BCUT2D eigenvalue weighted by molar-refractivity contribution is 5.78. The molecule has 0 aromatic heterocycles. The average molecular weight is 364 g/mol. The molecule has 142 valence electrons. The minimum absolute atomic E-state index is 0.0433. The van der Waals surface area contributed by atoms with Gasteiger partial charge in [0, 0.05) is 12.6 Å². The number of hydrogen-bond donors (Lipinski definition) is 1. The number of carbonyl (C=O) groups is 1. The predicted octanol–water partition coefficient (Wildman–Crippen LogP) is 4.21. The number of rotatable bonds is 5. The Morgan fingerprint density at radius 3 is 2.70 bits per heavy atom. The van der Waals surface area contributed by atoms with Crippen LogP contribution < -0.4 is 15.0 Å². The third kappa shape index (κ3) is 4.26. The molecule has 4 nitrogen and oxygen atoms in total. The van der Waals surface area contributed by atoms with Crippen molar-refractivity contribution in [3.63, 3.8) is 0 Å². The van der Waals surface area contributed by atoms with Crippen LogP contribution in [0.3, 0.4) is 0 Å². The van der Waals surface area contributed by atoms with Gasteiger partial charge in [0.25, 0.3) is 0 Å². The fourth-order valence-corrected chi connectivity index (χ4v) is 4.18. The second-order valence-electron chi connectivity index (χ2n) is 7.80. The highest BCUT2D eigenvalue weighted by atomic mass is 16.5. The average Bonchev–Trinajstić information content (AvgIpc) is 3.17. The molecule has 0 saturated heterocycles. The number of nitrogens with zero attached hydrogens (tertiary/aromatic N) is 1. The van der Waals surface area contributed by atoms with Crippen molar-refractivity contribution in [2.45, 2.75) is 57.7 Å². The zero-order valence-electron chi connectivity index (χ0n) is 16.0. The number of hydrogen-bond acceptors (Lipinski definition) is 3. The SMILES string of the molecule is Cc1ccc2c(c1)OC[C@@H](CC(=O)NC1CCCC1)N2Cc1ccccc1. The van der Waals surface area contributed by atoms with Crippen LogP contribution in [-0.2, 0) is 11.3 Å². The molecule has 2 aliphatic rings. The van der Waals surface area contributed by atoms with Gasteiger partial charge in [0.1, 0.15) is 12.4 Å². The summed E-state index contributed by atoms with van der Waals surface area (Å²) in [5.74, 6) is 1.06. The Bertz CT molecular complexity index is 784. The van der Waals surface area contributed by atoms with Crippen molar-refractivity contribution in [3.8, 4) is 5.75 Å². The van der Waals surface area contributed by atoms with Gasteiger partial charge in [-0.3, -0.25) is 4.79 Å². The highest BCUT2D eigenvalue weighted by Crippen LogP contribution is 2.36. The van der Waals surface area contributed by atoms with Crippen LogP contribution in [0.2, 0.25) is 0 Å². The molecule has 1 saturated carbocycles. The molecule has 1 atom stereocenters. The number of ether oxygens (including phenoxy) is 1. The molecular formula is C23H28N2O2. The van der Waals surface area contributed by atoms with Crippen molar-refractivity contribution in [1.82, 2.24) is 5.32 Å². The van der Waals surface area contributed by atoms with Crippen LogP contribution >= 0.6 is 0 Å². The summed E-state index contributed by atoms with van der Waals surface area (Å²) >= 11 is 0. The number of carbonyl (C=O) groups excluding carboxylic acids is 1. The fraction of sp³-hybridized carbons (Fsp3) is 0.435. The highest BCUT2D eigenvalue weighted by Gasteiger charge is 2.30. The van der Waals surface area contributed by atoms with E-state index in [0.29, 0.717) is 19.1 Å². The van der Waals surface area contributed by atoms with Gasteiger partial charge in [-0.2, -0.15) is 0 Å². The minimum atomic E-state index is 0.0433. The van der Waals surface area contributed by atoms with Gasteiger partial charge in [-0.1, -0.05) is 49.2 Å². The van der Waals surface area contributed by atoms with Crippen molar-refractivity contribution in [2.75, 3.05) is 11.5 Å². The summed E-state index contributed by atoms with van der Waals surface area (Å²) in [6, 6.07) is 17.2. The van der Waals surface area contributed by atoms with E-state index in [1.807, 2.05) is 6.07 Å². The van der Waals surface area contributed by atoms with Crippen molar-refractivity contribution >= 4 is 11.6 Å². The zero-order chi connectivity index (χ0) is 18.6. The summed E-state index contributed by atoms with van der Waals surface area (Å²) in [7, 11) is 0. The number of amides is 1. The first-order valence-corrected chi connectivity index (χ1v) is 10.0. The van der Waals surface area contributed by atoms with Crippen LogP contribution in [0, 0.1) is 6.92 Å². The minimum Gasteiger partial charge on any atom is -0.489 e. The van der Waals surface area contributed by atoms with Gasteiger partial charge in [-0.25, -0.2) is 0 Å². The molecule has 0 spiro atoms. The molecule has 2 aromatic rings. The molecule has 4 heteroatoms. The van der Waals surface area contributed by atoms with Crippen LogP contribution in [-0.4, -0.2) is 24.6 Å². The van der Waals surface area contributed by atoms with Gasteiger partial charge in [-0.05, 0) is 43.0 Å². The first kappa shape index (κ1) is 17.9. The van der Waals surface area contributed by atoms with Crippen molar-refractivity contribution in [1.29, 1.82) is 0 Å². The summed E-state index contributed by atoms with van der Waals surface area (Å²) in [4.78, 5) is 15.0. The van der Waals surface area contributed by atoms with E-state index in [1.54, 1.807) is 0 Å². The quantitative estimate of drug-likeness (QED) is 0.864. The Labute approximate surface area is 161 Å². The molecule has 0 unspecified atom stereocenters. The van der Waals surface area contributed by atoms with Crippen LogP contribution in [0.4, 0.5) is 5.69 Å². The van der Waals surface area contributed by atoms with Gasteiger partial charge in [0.2, 0.25) is 5.91 Å². The predicted molar refractivity (Wildman–Crippen MR) is 108 cm³/mol. The van der Waals surface area contributed by atoms with E-state index < -0.39 is 0 Å². The third-order valence-electron chi connectivity index (χ3n) is 5.63. The standard InChI is InChI=1S/C23H28N2O2/c1-17-11-12-21-22(13-17)27-16-20(14-23(26)24-19-9-5-6-10-19)25(21)15-18-7-3-2-4-8-18/h2-4,7-8,11-13,19-20H,5-6,9-10,14-16H2,1H3,(H,24,26)/t20-/m1/s1. The maximum atomic E-state index is 12.6. The van der Waals surface area contributed by atoms with E-state index in [2.05, 4.69) is 59.6 Å². The molecule has 1 aliphatic carbocycles. The Morgan fingerprint density at radius 1 is 1.15 bits per heavy atom. The molecule has 1 N–H and O–H groups in total. The van der Waals surface area contributed by atoms with E-state index >= 15 is 0 Å². The van der Waals surface area contributed by atoms with Crippen molar-refractivity contribution in [2.24, 2.45) is 0 Å². The van der Waals surface area contributed by atoms with Gasteiger partial charge < -0.3 is 15.0 Å². The van der Waals surface area contributed by atoms with Crippen LogP contribution in [0.25, 0.3) is 0 Å². The largest absolute Gasteiger partial charge is 0.489 e. The number of benzene rings is 2. The third-order valence-corrected chi connectivity index (χ3v) is 5.63. The molecule has 1 heterocycles. The van der Waals surface area contributed by atoms with Crippen LogP contribution in [0.5, 0.6) is 5.75 Å². The summed E-state index contributed by atoms with van der Waals surface area (Å²) in [5, 5.41) is 3.22. The number of anilines is 1. The van der Waals surface area contributed by atoms with E-state index in [1.165, 1.54) is 24.0 Å². The fourth-order valence-electron chi connectivity index (χ4n) is 4.18. The Balaban J connectivity index is 1.53. The van der Waals surface area contributed by atoms with Crippen LogP contribution in [0.15, 0.2) is 48.5 Å². The summed E-state index contributed by atoms with van der Waals surface area (Å²) < 4.78 is 6.03. The Kier molecular flexibility index (Phi) is 5.33. The molecule has 1 fully saturated rings. The number of aryl methyl sites for hydroxylation is 1. The van der Waals surface area contributed by atoms with E-state index in [0.717, 1.165) is 30.8 Å².